The summed E-state index contributed by atoms with van der Waals surface area (Å²) in [6.45, 7) is 1.49. The molecule has 1 unspecified atom stereocenters. The fourth-order valence-corrected chi connectivity index (χ4v) is 3.40. The van der Waals surface area contributed by atoms with Crippen LogP contribution in [0.3, 0.4) is 0 Å². The topological polar surface area (TPSA) is 32.3 Å². The van der Waals surface area contributed by atoms with Crippen LogP contribution >= 0.6 is 34.2 Å². The van der Waals surface area contributed by atoms with E-state index in [1.54, 1.807) is 6.07 Å². The Bertz CT molecular complexity index is 678. The van der Waals surface area contributed by atoms with Gasteiger partial charge in [-0.25, -0.2) is 0 Å². The summed E-state index contributed by atoms with van der Waals surface area (Å²) in [5.74, 6) is 0.0595. The monoisotopic (exact) mass is 426 g/mol. The van der Waals surface area contributed by atoms with Crippen LogP contribution in [-0.4, -0.2) is 29.9 Å². The Hall–Kier alpha value is -1.27. The number of nitrogens with zero attached hydrogens (tertiary/aromatic N) is 1. The number of carbonyl (C=O) groups excluding carboxylic acids is 1. The standard InChI is InChI=1S/C17H16ClIN2O/c18-12-6-7-16(19)15(10-12)17(22)21-9-8-14(11-21)20-13-4-2-1-3-5-13/h1-7,10,14,20H,8-9,11H2. The number of para-hydroxylation sites is 1. The first kappa shape index (κ1) is 15.6. The van der Waals surface area contributed by atoms with Crippen LogP contribution in [0.15, 0.2) is 48.5 Å². The zero-order chi connectivity index (χ0) is 15.5. The summed E-state index contributed by atoms with van der Waals surface area (Å²) in [6, 6.07) is 15.8. The van der Waals surface area contributed by atoms with Gasteiger partial charge in [-0.05, 0) is 59.3 Å². The summed E-state index contributed by atoms with van der Waals surface area (Å²) in [7, 11) is 0. The molecule has 3 rings (SSSR count). The van der Waals surface area contributed by atoms with Gasteiger partial charge in [-0.3, -0.25) is 4.79 Å². The molecule has 3 nitrogen and oxygen atoms in total. The molecule has 1 amide bonds. The molecule has 0 aliphatic carbocycles. The van der Waals surface area contributed by atoms with Crippen molar-refractivity contribution < 1.29 is 4.79 Å². The molecule has 2 aromatic carbocycles. The van der Waals surface area contributed by atoms with Crippen LogP contribution in [0.1, 0.15) is 16.8 Å². The minimum atomic E-state index is 0.0595. The molecular formula is C17H16ClIN2O. The minimum Gasteiger partial charge on any atom is -0.380 e. The lowest BCUT2D eigenvalue weighted by atomic mass is 10.2. The van der Waals surface area contributed by atoms with Gasteiger partial charge < -0.3 is 10.2 Å². The number of nitrogens with one attached hydrogen (secondary N) is 1. The Morgan fingerprint density at radius 3 is 2.77 bits per heavy atom. The molecule has 1 saturated heterocycles. The van der Waals surface area contributed by atoms with Crippen LogP contribution in [0.5, 0.6) is 0 Å². The van der Waals surface area contributed by atoms with Gasteiger partial charge in [0.25, 0.3) is 5.91 Å². The first-order chi connectivity index (χ1) is 10.6. The molecule has 0 bridgehead atoms. The lowest BCUT2D eigenvalue weighted by Crippen LogP contribution is -2.32. The van der Waals surface area contributed by atoms with E-state index in [1.165, 1.54) is 0 Å². The van der Waals surface area contributed by atoms with Crippen molar-refractivity contribution in [3.8, 4) is 0 Å². The summed E-state index contributed by atoms with van der Waals surface area (Å²) in [5, 5.41) is 4.08. The molecule has 0 saturated carbocycles. The van der Waals surface area contributed by atoms with Crippen molar-refractivity contribution in [3.63, 3.8) is 0 Å². The van der Waals surface area contributed by atoms with Crippen LogP contribution in [0.4, 0.5) is 5.69 Å². The molecular weight excluding hydrogens is 411 g/mol. The summed E-state index contributed by atoms with van der Waals surface area (Å²) in [5.41, 5.74) is 1.78. The van der Waals surface area contributed by atoms with Crippen molar-refractivity contribution in [2.45, 2.75) is 12.5 Å². The van der Waals surface area contributed by atoms with E-state index in [0.717, 1.165) is 28.8 Å². The number of benzene rings is 2. The molecule has 1 fully saturated rings. The number of rotatable bonds is 3. The first-order valence-corrected chi connectivity index (χ1v) is 8.65. The summed E-state index contributed by atoms with van der Waals surface area (Å²) in [4.78, 5) is 14.5. The predicted octanol–water partition coefficient (Wildman–Crippen LogP) is 4.27. The number of carbonyl (C=O) groups is 1. The normalized spacial score (nSPS) is 17.5. The Morgan fingerprint density at radius 2 is 2.00 bits per heavy atom. The maximum Gasteiger partial charge on any atom is 0.255 e. The van der Waals surface area contributed by atoms with Gasteiger partial charge in [-0.15, -0.1) is 0 Å². The Labute approximate surface area is 148 Å². The lowest BCUT2D eigenvalue weighted by molar-refractivity contribution is 0.0790. The Kier molecular flexibility index (Phi) is 4.88. The molecule has 22 heavy (non-hydrogen) atoms. The Morgan fingerprint density at radius 1 is 1.23 bits per heavy atom. The van der Waals surface area contributed by atoms with Gasteiger partial charge in [0.1, 0.15) is 0 Å². The fourth-order valence-electron chi connectivity index (χ4n) is 2.66. The highest BCUT2D eigenvalue weighted by Gasteiger charge is 2.27. The van der Waals surface area contributed by atoms with Gasteiger partial charge in [0.05, 0.1) is 5.56 Å². The van der Waals surface area contributed by atoms with Gasteiger partial charge in [-0.2, -0.15) is 0 Å². The fraction of sp³-hybridized carbons (Fsp3) is 0.235. The maximum absolute atomic E-state index is 12.7. The predicted molar refractivity (Wildman–Crippen MR) is 98.5 cm³/mol. The van der Waals surface area contributed by atoms with Crippen LogP contribution in [0.2, 0.25) is 5.02 Å². The number of hydrogen-bond donors (Lipinski definition) is 1. The molecule has 5 heteroatoms. The van der Waals surface area contributed by atoms with Crippen LogP contribution in [-0.2, 0) is 0 Å². The summed E-state index contributed by atoms with van der Waals surface area (Å²) >= 11 is 8.20. The highest BCUT2D eigenvalue weighted by atomic mass is 127. The second-order valence-corrected chi connectivity index (χ2v) is 6.97. The number of hydrogen-bond acceptors (Lipinski definition) is 2. The van der Waals surface area contributed by atoms with Gasteiger partial charge in [0.2, 0.25) is 0 Å². The molecule has 0 spiro atoms. The largest absolute Gasteiger partial charge is 0.380 e. The zero-order valence-electron chi connectivity index (χ0n) is 11.9. The van der Waals surface area contributed by atoms with Gasteiger partial charge in [0.15, 0.2) is 0 Å². The number of likely N-dealkylation sites (tertiary alicyclic amines) is 1. The quantitative estimate of drug-likeness (QED) is 0.744. The summed E-state index contributed by atoms with van der Waals surface area (Å²) < 4.78 is 0.937. The lowest BCUT2D eigenvalue weighted by Gasteiger charge is -2.18. The van der Waals surface area contributed by atoms with E-state index in [4.69, 9.17) is 11.6 Å². The molecule has 114 valence electrons. The molecule has 1 aliphatic rings. The van der Waals surface area contributed by atoms with Gasteiger partial charge in [-0.1, -0.05) is 29.8 Å². The average molecular weight is 427 g/mol. The van der Waals surface area contributed by atoms with Crippen molar-refractivity contribution in [1.82, 2.24) is 4.90 Å². The molecule has 0 radical (unpaired) electrons. The van der Waals surface area contributed by atoms with Gasteiger partial charge in [0, 0.05) is 33.4 Å². The van der Waals surface area contributed by atoms with E-state index in [-0.39, 0.29) is 5.91 Å². The van der Waals surface area contributed by atoms with E-state index in [9.17, 15) is 4.79 Å². The number of anilines is 1. The van der Waals surface area contributed by atoms with E-state index < -0.39 is 0 Å². The molecule has 2 aromatic rings. The van der Waals surface area contributed by atoms with Crippen molar-refractivity contribution in [3.05, 3.63) is 62.7 Å². The van der Waals surface area contributed by atoms with Gasteiger partial charge >= 0.3 is 0 Å². The SMILES string of the molecule is O=C(c1cc(Cl)ccc1I)N1CCC(Nc2ccccc2)C1. The van der Waals surface area contributed by atoms with Crippen molar-refractivity contribution in [2.24, 2.45) is 0 Å². The van der Waals surface area contributed by atoms with E-state index in [2.05, 4.69) is 27.9 Å². The number of amides is 1. The maximum atomic E-state index is 12.7. The molecule has 0 aromatic heterocycles. The van der Waals surface area contributed by atoms with Crippen molar-refractivity contribution >= 4 is 45.8 Å². The molecule has 1 aliphatic heterocycles. The van der Waals surface area contributed by atoms with E-state index >= 15 is 0 Å². The van der Waals surface area contributed by atoms with Crippen LogP contribution < -0.4 is 5.32 Å². The van der Waals surface area contributed by atoms with Crippen molar-refractivity contribution in [1.29, 1.82) is 0 Å². The highest BCUT2D eigenvalue weighted by molar-refractivity contribution is 14.1. The first-order valence-electron chi connectivity index (χ1n) is 7.19. The third-order valence-corrected chi connectivity index (χ3v) is 4.95. The van der Waals surface area contributed by atoms with E-state index in [1.807, 2.05) is 47.4 Å². The smallest absolute Gasteiger partial charge is 0.255 e. The minimum absolute atomic E-state index is 0.0595. The van der Waals surface area contributed by atoms with Crippen molar-refractivity contribution in [2.75, 3.05) is 18.4 Å². The molecule has 1 N–H and O–H groups in total. The van der Waals surface area contributed by atoms with E-state index in [0.29, 0.717) is 16.6 Å². The van der Waals surface area contributed by atoms with Crippen LogP contribution in [0.25, 0.3) is 0 Å². The van der Waals surface area contributed by atoms with Crippen LogP contribution in [0, 0.1) is 3.57 Å². The second kappa shape index (κ2) is 6.87. The third kappa shape index (κ3) is 3.55. The Balaban J connectivity index is 1.67. The average Bonchev–Trinajstić information content (AvgIpc) is 2.98. The highest BCUT2D eigenvalue weighted by Crippen LogP contribution is 2.22. The molecule has 1 atom stereocenters. The molecule has 1 heterocycles. The summed E-state index contributed by atoms with van der Waals surface area (Å²) in [6.07, 6.45) is 0.956. The zero-order valence-corrected chi connectivity index (χ0v) is 14.8. The second-order valence-electron chi connectivity index (χ2n) is 5.37. The third-order valence-electron chi connectivity index (χ3n) is 3.78. The number of halogens is 2.